The Balaban J connectivity index is 2.88. The topological polar surface area (TPSA) is 59.0 Å². The molecule has 2 N–H and O–H groups in total. The molecule has 2 rings (SSSR count). The molecule has 0 aliphatic rings. The summed E-state index contributed by atoms with van der Waals surface area (Å²) in [6, 6.07) is 11.2. The van der Waals surface area contributed by atoms with Crippen LogP contribution in [0, 0.1) is 17.1 Å². The molecule has 0 saturated carbocycles. The van der Waals surface area contributed by atoms with E-state index in [4.69, 9.17) is 10.5 Å². The van der Waals surface area contributed by atoms with E-state index in [0.29, 0.717) is 28.7 Å². The van der Waals surface area contributed by atoms with Crippen molar-refractivity contribution in [2.24, 2.45) is 0 Å². The Hall–Kier alpha value is -2.54. The van der Waals surface area contributed by atoms with Crippen LogP contribution < -0.4 is 10.5 Å². The molecule has 2 aromatic carbocycles. The Bertz CT molecular complexity index is 675. The SMILES string of the molecule is CCc1c(C#N)c(OC)c(N)c(F)c1-c1ccccc1. The number of anilines is 1. The normalized spacial score (nSPS) is 10.1. The minimum Gasteiger partial charge on any atom is -0.493 e. The van der Waals surface area contributed by atoms with E-state index in [0.717, 1.165) is 0 Å². The molecular weight excluding hydrogens is 255 g/mol. The molecule has 3 nitrogen and oxygen atoms in total. The maximum atomic E-state index is 14.6. The van der Waals surface area contributed by atoms with Crippen LogP contribution >= 0.6 is 0 Å². The van der Waals surface area contributed by atoms with Crippen molar-refractivity contribution in [1.29, 1.82) is 5.26 Å². The molecule has 0 bridgehead atoms. The second-order valence-electron chi connectivity index (χ2n) is 4.32. The van der Waals surface area contributed by atoms with Gasteiger partial charge in [-0.1, -0.05) is 37.3 Å². The zero-order valence-electron chi connectivity index (χ0n) is 11.4. The van der Waals surface area contributed by atoms with Crippen LogP contribution in [-0.2, 0) is 6.42 Å². The second kappa shape index (κ2) is 5.62. The number of nitrogen functional groups attached to an aromatic ring is 1. The number of ether oxygens (including phenoxy) is 1. The monoisotopic (exact) mass is 270 g/mol. The van der Waals surface area contributed by atoms with Crippen molar-refractivity contribution < 1.29 is 9.13 Å². The van der Waals surface area contributed by atoms with Gasteiger partial charge in [-0.25, -0.2) is 4.39 Å². The number of benzene rings is 2. The highest BCUT2D eigenvalue weighted by Crippen LogP contribution is 2.40. The Morgan fingerprint density at radius 3 is 2.45 bits per heavy atom. The van der Waals surface area contributed by atoms with E-state index in [1.165, 1.54) is 7.11 Å². The summed E-state index contributed by atoms with van der Waals surface area (Å²) in [5, 5.41) is 9.34. The van der Waals surface area contributed by atoms with Gasteiger partial charge in [-0.15, -0.1) is 0 Å². The number of halogens is 1. The van der Waals surface area contributed by atoms with Crippen molar-refractivity contribution in [3.63, 3.8) is 0 Å². The molecule has 0 aliphatic heterocycles. The van der Waals surface area contributed by atoms with Crippen LogP contribution in [0.15, 0.2) is 30.3 Å². The van der Waals surface area contributed by atoms with E-state index >= 15 is 0 Å². The van der Waals surface area contributed by atoms with Crippen molar-refractivity contribution in [2.75, 3.05) is 12.8 Å². The van der Waals surface area contributed by atoms with Crippen LogP contribution in [0.4, 0.5) is 10.1 Å². The Morgan fingerprint density at radius 2 is 1.95 bits per heavy atom. The van der Waals surface area contributed by atoms with E-state index in [1.807, 2.05) is 25.1 Å². The lowest BCUT2D eigenvalue weighted by molar-refractivity contribution is 0.412. The lowest BCUT2D eigenvalue weighted by Gasteiger charge is -2.17. The summed E-state index contributed by atoms with van der Waals surface area (Å²) in [5.74, 6) is -0.426. The lowest BCUT2D eigenvalue weighted by Crippen LogP contribution is -2.06. The predicted octanol–water partition coefficient (Wildman–Crippen LogP) is 3.52. The summed E-state index contributed by atoms with van der Waals surface area (Å²) < 4.78 is 19.7. The van der Waals surface area contributed by atoms with Gasteiger partial charge in [0.25, 0.3) is 0 Å². The molecule has 0 unspecified atom stereocenters. The zero-order chi connectivity index (χ0) is 14.7. The van der Waals surface area contributed by atoms with Crippen molar-refractivity contribution >= 4 is 5.69 Å². The number of nitrogens with two attached hydrogens (primary N) is 1. The Labute approximate surface area is 117 Å². The fourth-order valence-corrected chi connectivity index (χ4v) is 2.35. The van der Waals surface area contributed by atoms with Crippen LogP contribution in [0.2, 0.25) is 0 Å². The standard InChI is InChI=1S/C16H15FN2O/c1-3-11-12(9-18)16(20-2)15(19)14(17)13(11)10-7-5-4-6-8-10/h4-8H,3,19H2,1-2H3. The lowest BCUT2D eigenvalue weighted by atomic mass is 9.92. The van der Waals surface area contributed by atoms with Gasteiger partial charge in [0.05, 0.1) is 7.11 Å². The summed E-state index contributed by atoms with van der Waals surface area (Å²) in [4.78, 5) is 0. The van der Waals surface area contributed by atoms with E-state index in [-0.39, 0.29) is 11.4 Å². The molecule has 102 valence electrons. The van der Waals surface area contributed by atoms with Crippen LogP contribution in [-0.4, -0.2) is 7.11 Å². The van der Waals surface area contributed by atoms with Gasteiger partial charge in [0.2, 0.25) is 0 Å². The van der Waals surface area contributed by atoms with Crippen LogP contribution in [0.5, 0.6) is 5.75 Å². The first kappa shape index (κ1) is 13.9. The summed E-state index contributed by atoms with van der Waals surface area (Å²) >= 11 is 0. The number of rotatable bonds is 3. The van der Waals surface area contributed by atoms with E-state index in [1.54, 1.807) is 12.1 Å². The van der Waals surface area contributed by atoms with Crippen molar-refractivity contribution in [2.45, 2.75) is 13.3 Å². The maximum Gasteiger partial charge on any atom is 0.162 e. The van der Waals surface area contributed by atoms with Gasteiger partial charge in [-0.05, 0) is 17.5 Å². The molecule has 0 amide bonds. The van der Waals surface area contributed by atoms with Gasteiger partial charge in [0.1, 0.15) is 17.3 Å². The molecule has 0 fully saturated rings. The number of methoxy groups -OCH3 is 1. The average Bonchev–Trinajstić information content (AvgIpc) is 2.49. The van der Waals surface area contributed by atoms with Gasteiger partial charge in [0.15, 0.2) is 11.6 Å². The zero-order valence-corrected chi connectivity index (χ0v) is 11.4. The summed E-state index contributed by atoms with van der Waals surface area (Å²) in [6.07, 6.45) is 0.515. The molecule has 20 heavy (non-hydrogen) atoms. The van der Waals surface area contributed by atoms with E-state index in [2.05, 4.69) is 6.07 Å². The van der Waals surface area contributed by atoms with E-state index in [9.17, 15) is 9.65 Å². The molecule has 0 atom stereocenters. The van der Waals surface area contributed by atoms with Crippen molar-refractivity contribution in [3.8, 4) is 22.9 Å². The van der Waals surface area contributed by atoms with Crippen LogP contribution in [0.3, 0.4) is 0 Å². The molecule has 4 heteroatoms. The van der Waals surface area contributed by atoms with Gasteiger partial charge in [-0.2, -0.15) is 5.26 Å². The molecule has 0 saturated heterocycles. The largest absolute Gasteiger partial charge is 0.493 e. The number of hydrogen-bond acceptors (Lipinski definition) is 3. The third-order valence-electron chi connectivity index (χ3n) is 3.26. The summed E-state index contributed by atoms with van der Waals surface area (Å²) in [5.41, 5.74) is 7.65. The highest BCUT2D eigenvalue weighted by Gasteiger charge is 2.23. The highest BCUT2D eigenvalue weighted by atomic mass is 19.1. The highest BCUT2D eigenvalue weighted by molar-refractivity contribution is 5.80. The first-order chi connectivity index (χ1) is 9.65. The van der Waals surface area contributed by atoms with Gasteiger partial charge in [0, 0.05) is 5.56 Å². The van der Waals surface area contributed by atoms with Crippen molar-refractivity contribution in [3.05, 3.63) is 47.3 Å². The quantitative estimate of drug-likeness (QED) is 0.868. The van der Waals surface area contributed by atoms with Crippen LogP contribution in [0.1, 0.15) is 18.1 Å². The first-order valence-corrected chi connectivity index (χ1v) is 6.28. The summed E-state index contributed by atoms with van der Waals surface area (Å²) in [7, 11) is 1.38. The van der Waals surface area contributed by atoms with Crippen LogP contribution in [0.25, 0.3) is 11.1 Å². The third kappa shape index (κ3) is 2.08. The average molecular weight is 270 g/mol. The maximum absolute atomic E-state index is 14.6. The number of hydrogen-bond donors (Lipinski definition) is 1. The molecule has 0 heterocycles. The fraction of sp³-hybridized carbons (Fsp3) is 0.188. The minimum atomic E-state index is -0.538. The first-order valence-electron chi connectivity index (χ1n) is 6.28. The van der Waals surface area contributed by atoms with Gasteiger partial charge in [-0.3, -0.25) is 0 Å². The smallest absolute Gasteiger partial charge is 0.162 e. The predicted molar refractivity (Wildman–Crippen MR) is 76.9 cm³/mol. The number of nitrogens with zero attached hydrogens (tertiary/aromatic N) is 1. The molecule has 2 aromatic rings. The number of nitriles is 1. The molecule has 0 aromatic heterocycles. The van der Waals surface area contributed by atoms with Crippen molar-refractivity contribution in [1.82, 2.24) is 0 Å². The minimum absolute atomic E-state index is 0.113. The second-order valence-corrected chi connectivity index (χ2v) is 4.32. The molecule has 0 spiro atoms. The molecule has 0 radical (unpaired) electrons. The molecular formula is C16H15FN2O. The molecule has 0 aliphatic carbocycles. The Morgan fingerprint density at radius 1 is 1.30 bits per heavy atom. The van der Waals surface area contributed by atoms with Gasteiger partial charge < -0.3 is 10.5 Å². The third-order valence-corrected chi connectivity index (χ3v) is 3.26. The van der Waals surface area contributed by atoms with Gasteiger partial charge >= 0.3 is 0 Å². The summed E-state index contributed by atoms with van der Waals surface area (Å²) in [6.45, 7) is 1.87. The Kier molecular flexibility index (Phi) is 3.90. The van der Waals surface area contributed by atoms with E-state index < -0.39 is 5.82 Å². The fourth-order valence-electron chi connectivity index (χ4n) is 2.35.